The number of nitriles is 3. The smallest absolute Gasteiger partial charge is 0.308 e. The fraction of sp³-hybridized carbons (Fsp3) is 0.458. The predicted molar refractivity (Wildman–Crippen MR) is 239 cm³/mol. The number of azo groups is 1. The van der Waals surface area contributed by atoms with E-state index in [4.69, 9.17) is 9.47 Å². The average molecular weight is 844 g/mol. The summed E-state index contributed by atoms with van der Waals surface area (Å²) in [6.07, 6.45) is 8.60. The number of anilines is 1. The number of unbranched alkanes of at least 4 members (excludes halogenated alkanes) is 3. The molecule has 0 saturated heterocycles. The Balaban J connectivity index is 1.46. The van der Waals surface area contributed by atoms with E-state index in [0.29, 0.717) is 42.3 Å². The van der Waals surface area contributed by atoms with Crippen molar-refractivity contribution in [3.05, 3.63) is 82.4 Å². The lowest BCUT2D eigenvalue weighted by Crippen LogP contribution is -2.33. The molecule has 4 rings (SSSR count). The Hall–Kier alpha value is -6.10. The van der Waals surface area contributed by atoms with Crippen LogP contribution in [0.2, 0.25) is 0 Å². The second-order valence-corrected chi connectivity index (χ2v) is 15.9. The molecule has 2 atom stereocenters. The number of hydrogen-bond donors (Lipinski definition) is 0. The van der Waals surface area contributed by atoms with Crippen LogP contribution in [-0.4, -0.2) is 55.6 Å². The molecule has 13 heteroatoms. The Labute approximate surface area is 364 Å². The van der Waals surface area contributed by atoms with Crippen LogP contribution in [0.4, 0.5) is 17.1 Å². The molecule has 2 aromatic carbocycles. The van der Waals surface area contributed by atoms with Gasteiger partial charge in [-0.05, 0) is 86.2 Å². The van der Waals surface area contributed by atoms with Crippen molar-refractivity contribution in [2.45, 2.75) is 98.8 Å². The minimum absolute atomic E-state index is 0.0386. The standard InChI is InChI=1S/C48H57N7O5S/c1-6-11-14-34(9-4)47(57)59-29-27-54(28-30-60-48(58)35(10-5)15-12-7-2)40-22-20-39(21-23-40)53-52-38-18-16-36(17-19-38)42-24-25-43(61-42)44-41(33-51)45(37(31-49)32-50)55(46(44)56)26-13-8-3/h16-25,34-35H,6-15,26-30H2,1-5H3/b53-52+. The number of thiophene rings is 1. The second kappa shape index (κ2) is 24.9. The normalized spacial score (nSPS) is 13.4. The van der Waals surface area contributed by atoms with E-state index in [1.54, 1.807) is 6.07 Å². The summed E-state index contributed by atoms with van der Waals surface area (Å²) in [7, 11) is 0. The quantitative estimate of drug-likeness (QED) is 0.0483. The number of esters is 2. The summed E-state index contributed by atoms with van der Waals surface area (Å²) >= 11 is 1.35. The summed E-state index contributed by atoms with van der Waals surface area (Å²) in [6.45, 7) is 11.8. The van der Waals surface area contributed by atoms with E-state index in [2.05, 4.69) is 30.1 Å². The van der Waals surface area contributed by atoms with Crippen LogP contribution in [0.15, 0.2) is 87.7 Å². The van der Waals surface area contributed by atoms with Crippen molar-refractivity contribution in [2.24, 2.45) is 22.1 Å². The van der Waals surface area contributed by atoms with Crippen LogP contribution in [0, 0.1) is 45.8 Å². The number of carbonyl (C=O) groups excluding carboxylic acids is 3. The first kappa shape index (κ1) is 47.6. The molecule has 0 N–H and O–H groups in total. The predicted octanol–water partition coefficient (Wildman–Crippen LogP) is 11.4. The van der Waals surface area contributed by atoms with E-state index in [1.165, 1.54) is 16.2 Å². The zero-order chi connectivity index (χ0) is 44.1. The maximum Gasteiger partial charge on any atom is 0.308 e. The van der Waals surface area contributed by atoms with E-state index in [1.807, 2.05) is 92.4 Å². The SMILES string of the molecule is CCCCC(CC)C(=O)OCCN(CCOC(=O)C(CC)CCCC)c1ccc(/N=N/c2ccc(-c3ccc(C4=C(C#N)C(=C(C#N)C#N)N(CCCC)C4=O)s3)cc2)cc1. The van der Waals surface area contributed by atoms with Gasteiger partial charge in [-0.1, -0.05) is 78.9 Å². The first-order chi connectivity index (χ1) is 29.7. The topological polar surface area (TPSA) is 172 Å². The van der Waals surface area contributed by atoms with Crippen LogP contribution in [0.25, 0.3) is 16.0 Å². The van der Waals surface area contributed by atoms with Gasteiger partial charge in [-0.2, -0.15) is 26.0 Å². The Morgan fingerprint density at radius 3 is 1.70 bits per heavy atom. The van der Waals surface area contributed by atoms with E-state index in [0.717, 1.165) is 73.9 Å². The van der Waals surface area contributed by atoms with Crippen molar-refractivity contribution in [3.63, 3.8) is 0 Å². The van der Waals surface area contributed by atoms with Crippen LogP contribution in [0.3, 0.4) is 0 Å². The molecule has 2 unspecified atom stereocenters. The van der Waals surface area contributed by atoms with Gasteiger partial charge in [-0.25, -0.2) is 0 Å². The van der Waals surface area contributed by atoms with Gasteiger partial charge in [-0.15, -0.1) is 11.3 Å². The first-order valence-corrected chi connectivity index (χ1v) is 22.3. The van der Waals surface area contributed by atoms with Gasteiger partial charge in [0.25, 0.3) is 5.91 Å². The molecule has 0 saturated carbocycles. The largest absolute Gasteiger partial charge is 0.464 e. The summed E-state index contributed by atoms with van der Waals surface area (Å²) in [5, 5.41) is 38.2. The summed E-state index contributed by atoms with van der Waals surface area (Å²) in [6, 6.07) is 24.5. The summed E-state index contributed by atoms with van der Waals surface area (Å²) in [5.41, 5.74) is 3.08. The number of allylic oxidation sites excluding steroid dienone is 2. The molecule has 0 radical (unpaired) electrons. The third-order valence-electron chi connectivity index (χ3n) is 10.7. The molecular weight excluding hydrogens is 787 g/mol. The summed E-state index contributed by atoms with van der Waals surface area (Å²) in [4.78, 5) is 44.1. The molecule has 3 aromatic rings. The molecule has 0 fully saturated rings. The Morgan fingerprint density at radius 1 is 0.721 bits per heavy atom. The molecular formula is C48H57N7O5S. The average Bonchev–Trinajstić information content (AvgIpc) is 3.87. The molecule has 0 aliphatic carbocycles. The molecule has 1 aromatic heterocycles. The Kier molecular flexibility index (Phi) is 19.4. The molecule has 0 bridgehead atoms. The number of amides is 1. The zero-order valence-corrected chi connectivity index (χ0v) is 36.9. The van der Waals surface area contributed by atoms with Crippen molar-refractivity contribution in [2.75, 3.05) is 37.7 Å². The fourth-order valence-electron chi connectivity index (χ4n) is 7.02. The van der Waals surface area contributed by atoms with Crippen molar-refractivity contribution >= 4 is 51.8 Å². The van der Waals surface area contributed by atoms with Gasteiger partial charge in [0.05, 0.1) is 53.1 Å². The highest BCUT2D eigenvalue weighted by atomic mass is 32.1. The van der Waals surface area contributed by atoms with Gasteiger partial charge in [0, 0.05) is 22.0 Å². The van der Waals surface area contributed by atoms with Gasteiger partial charge < -0.3 is 19.3 Å². The molecule has 320 valence electrons. The molecule has 2 heterocycles. The monoisotopic (exact) mass is 843 g/mol. The Morgan fingerprint density at radius 2 is 1.23 bits per heavy atom. The molecule has 1 aliphatic rings. The number of rotatable bonds is 24. The van der Waals surface area contributed by atoms with E-state index >= 15 is 0 Å². The molecule has 61 heavy (non-hydrogen) atoms. The molecule has 12 nitrogen and oxygen atoms in total. The van der Waals surface area contributed by atoms with Crippen molar-refractivity contribution in [1.29, 1.82) is 15.8 Å². The van der Waals surface area contributed by atoms with Crippen molar-refractivity contribution in [3.8, 4) is 28.6 Å². The van der Waals surface area contributed by atoms with E-state index in [9.17, 15) is 30.2 Å². The lowest BCUT2D eigenvalue weighted by Gasteiger charge is -2.25. The fourth-order valence-corrected chi connectivity index (χ4v) is 8.07. The number of carbonyl (C=O) groups is 3. The second-order valence-electron chi connectivity index (χ2n) is 14.9. The lowest BCUT2D eigenvalue weighted by atomic mass is 10.00. The summed E-state index contributed by atoms with van der Waals surface area (Å²) < 4.78 is 11.4. The van der Waals surface area contributed by atoms with Crippen molar-refractivity contribution < 1.29 is 23.9 Å². The molecule has 1 aliphatic heterocycles. The highest BCUT2D eigenvalue weighted by molar-refractivity contribution is 7.17. The highest BCUT2D eigenvalue weighted by Gasteiger charge is 2.38. The number of nitrogens with zero attached hydrogens (tertiary/aromatic N) is 7. The first-order valence-electron chi connectivity index (χ1n) is 21.5. The molecule has 0 spiro atoms. The van der Waals surface area contributed by atoms with Crippen LogP contribution in [0.5, 0.6) is 0 Å². The van der Waals surface area contributed by atoms with Crippen molar-refractivity contribution in [1.82, 2.24) is 4.90 Å². The number of benzene rings is 2. The van der Waals surface area contributed by atoms with Crippen LogP contribution in [-0.2, 0) is 23.9 Å². The third kappa shape index (κ3) is 12.9. The van der Waals surface area contributed by atoms with Gasteiger partial charge in [0.15, 0.2) is 5.57 Å². The minimum Gasteiger partial charge on any atom is -0.464 e. The minimum atomic E-state index is -0.388. The summed E-state index contributed by atoms with van der Waals surface area (Å²) in [5.74, 6) is -0.948. The van der Waals surface area contributed by atoms with E-state index < -0.39 is 0 Å². The van der Waals surface area contributed by atoms with Crippen LogP contribution < -0.4 is 4.90 Å². The maximum atomic E-state index is 13.6. The van der Waals surface area contributed by atoms with Gasteiger partial charge in [0.1, 0.15) is 31.4 Å². The van der Waals surface area contributed by atoms with Gasteiger partial charge in [-0.3, -0.25) is 14.4 Å². The highest BCUT2D eigenvalue weighted by Crippen LogP contribution is 2.41. The maximum absolute atomic E-state index is 13.6. The number of ether oxygens (including phenoxy) is 2. The van der Waals surface area contributed by atoms with Crippen LogP contribution in [0.1, 0.15) is 104 Å². The lowest BCUT2D eigenvalue weighted by molar-refractivity contribution is -0.149. The third-order valence-corrected chi connectivity index (χ3v) is 11.9. The van der Waals surface area contributed by atoms with Crippen LogP contribution >= 0.6 is 11.3 Å². The van der Waals surface area contributed by atoms with Gasteiger partial charge in [0.2, 0.25) is 0 Å². The van der Waals surface area contributed by atoms with E-state index in [-0.39, 0.29) is 65.3 Å². The number of hydrogen-bond acceptors (Lipinski definition) is 12. The Bertz CT molecular complexity index is 2120. The van der Waals surface area contributed by atoms with Gasteiger partial charge >= 0.3 is 11.9 Å². The zero-order valence-electron chi connectivity index (χ0n) is 36.1. The molecule has 1 amide bonds.